The zero-order chi connectivity index (χ0) is 4.41. The molecule has 0 spiro atoms. The third-order valence-corrected chi connectivity index (χ3v) is 2.17. The maximum Gasteiger partial charge on any atom is 0.116 e. The summed E-state index contributed by atoms with van der Waals surface area (Å²) in [5, 5.41) is 0. The predicted molar refractivity (Wildman–Crippen MR) is 32.2 cm³/mol. The summed E-state index contributed by atoms with van der Waals surface area (Å²) < 4.78 is 7.09. The lowest BCUT2D eigenvalue weighted by Gasteiger charge is -1.91. The summed E-state index contributed by atoms with van der Waals surface area (Å²) in [5.74, 6) is 0. The van der Waals surface area contributed by atoms with Crippen molar-refractivity contribution in [2.24, 2.45) is 3.15 Å². The van der Waals surface area contributed by atoms with Crippen LogP contribution in [0.4, 0.5) is 0 Å². The van der Waals surface area contributed by atoms with Crippen molar-refractivity contribution in [3.05, 3.63) is 0 Å². The van der Waals surface area contributed by atoms with Crippen molar-refractivity contribution in [1.82, 2.24) is 9.06 Å². The van der Waals surface area contributed by atoms with Crippen molar-refractivity contribution in [3.8, 4) is 0 Å². The smallest absolute Gasteiger partial charge is 0.116 e. The van der Waals surface area contributed by atoms with Gasteiger partial charge in [-0.1, -0.05) is 0 Å². The molecule has 0 aliphatic carbocycles. The average molecular weight is 199 g/mol. The SMILES string of the molecule is CC1N=INN1. The topological polar surface area (TPSA) is 36.4 Å². The largest absolute Gasteiger partial charge is 0.227 e. The van der Waals surface area contributed by atoms with E-state index in [0.717, 1.165) is 0 Å². The Morgan fingerprint density at radius 1 is 1.83 bits per heavy atom. The van der Waals surface area contributed by atoms with Crippen LogP contribution in [0, 0.1) is 0 Å². The van der Waals surface area contributed by atoms with Gasteiger partial charge in [0.1, 0.15) is 6.17 Å². The monoisotopic (exact) mass is 199 g/mol. The summed E-state index contributed by atoms with van der Waals surface area (Å²) >= 11 is -0.0341. The summed E-state index contributed by atoms with van der Waals surface area (Å²) in [5.41, 5.74) is 2.95. The second-order valence-electron chi connectivity index (χ2n) is 1.10. The standard InChI is InChI=1S/C2H6IN3/c1-2-4-3-6-5-2/h2,5H,1H3,(H,4,6). The molecule has 1 unspecified atom stereocenters. The van der Waals surface area contributed by atoms with Crippen molar-refractivity contribution in [2.45, 2.75) is 13.1 Å². The molecule has 0 radical (unpaired) electrons. The molecule has 36 valence electrons. The van der Waals surface area contributed by atoms with E-state index in [1.807, 2.05) is 6.92 Å². The quantitative estimate of drug-likeness (QED) is 0.440. The molecular formula is C2H6IN3. The Hall–Kier alpha value is 0.450. The fourth-order valence-corrected chi connectivity index (χ4v) is 1.51. The first kappa shape index (κ1) is 4.61. The zero-order valence-corrected chi connectivity index (χ0v) is 5.56. The Morgan fingerprint density at radius 2 is 2.67 bits per heavy atom. The first-order valence-electron chi connectivity index (χ1n) is 1.73. The minimum absolute atomic E-state index is 0.0341. The molecule has 4 heteroatoms. The Balaban J connectivity index is 2.38. The summed E-state index contributed by atoms with van der Waals surface area (Å²) in [4.78, 5) is 0. The van der Waals surface area contributed by atoms with E-state index in [1.54, 1.807) is 0 Å². The predicted octanol–water partition coefficient (Wildman–Crippen LogP) is 0.509. The van der Waals surface area contributed by atoms with Crippen LogP contribution in [-0.4, -0.2) is 6.17 Å². The highest BCUT2D eigenvalue weighted by Gasteiger charge is 1.98. The summed E-state index contributed by atoms with van der Waals surface area (Å²) in [7, 11) is 0. The maximum absolute atomic E-state index is 4.12. The molecule has 1 heterocycles. The molecule has 0 aromatic carbocycles. The number of hydrogen-bond donors (Lipinski definition) is 2. The molecule has 0 aromatic rings. The zero-order valence-electron chi connectivity index (χ0n) is 3.40. The van der Waals surface area contributed by atoms with Crippen LogP contribution >= 0.6 is 21.3 Å². The lowest BCUT2D eigenvalue weighted by atomic mass is 10.7. The molecule has 6 heavy (non-hydrogen) atoms. The molecule has 0 aromatic heterocycles. The van der Waals surface area contributed by atoms with Crippen LogP contribution in [0.5, 0.6) is 0 Å². The molecule has 0 fully saturated rings. The molecule has 1 aliphatic rings. The van der Waals surface area contributed by atoms with Crippen molar-refractivity contribution < 1.29 is 0 Å². The van der Waals surface area contributed by atoms with E-state index in [2.05, 4.69) is 12.2 Å². The van der Waals surface area contributed by atoms with E-state index in [0.29, 0.717) is 6.17 Å². The van der Waals surface area contributed by atoms with Gasteiger partial charge >= 0.3 is 0 Å². The van der Waals surface area contributed by atoms with Crippen molar-refractivity contribution in [3.63, 3.8) is 0 Å². The highest BCUT2D eigenvalue weighted by Crippen LogP contribution is 2.01. The van der Waals surface area contributed by atoms with Gasteiger partial charge in [0, 0.05) is 0 Å². The van der Waals surface area contributed by atoms with E-state index in [9.17, 15) is 0 Å². The first-order chi connectivity index (χ1) is 2.89. The van der Waals surface area contributed by atoms with E-state index >= 15 is 0 Å². The molecule has 1 atom stereocenters. The lowest BCUT2D eigenvalue weighted by Crippen LogP contribution is -2.25. The molecule has 2 N–H and O–H groups in total. The fourth-order valence-electron chi connectivity index (χ4n) is 0.225. The molecule has 0 amide bonds. The van der Waals surface area contributed by atoms with Crippen LogP contribution in [0.25, 0.3) is 0 Å². The Labute approximate surface area is 47.0 Å². The van der Waals surface area contributed by atoms with Crippen LogP contribution in [-0.2, 0) is 0 Å². The van der Waals surface area contributed by atoms with E-state index in [1.165, 1.54) is 0 Å². The molecule has 0 saturated heterocycles. The highest BCUT2D eigenvalue weighted by atomic mass is 127. The third-order valence-electron chi connectivity index (χ3n) is 0.501. The van der Waals surface area contributed by atoms with Crippen molar-refractivity contribution in [1.29, 1.82) is 0 Å². The first-order valence-corrected chi connectivity index (χ1v) is 3.78. The summed E-state index contributed by atoms with van der Waals surface area (Å²) in [6.07, 6.45) is 0.359. The van der Waals surface area contributed by atoms with Gasteiger partial charge in [-0.3, -0.25) is 0 Å². The van der Waals surface area contributed by atoms with Gasteiger partial charge in [0.15, 0.2) is 0 Å². The van der Waals surface area contributed by atoms with Gasteiger partial charge in [-0.15, -0.1) is 0 Å². The van der Waals surface area contributed by atoms with Crippen molar-refractivity contribution in [2.75, 3.05) is 0 Å². The number of halogens is 1. The van der Waals surface area contributed by atoms with Gasteiger partial charge in [0.05, 0.1) is 21.3 Å². The van der Waals surface area contributed by atoms with E-state index in [-0.39, 0.29) is 21.3 Å². The van der Waals surface area contributed by atoms with Gasteiger partial charge in [-0.25, -0.2) is 8.57 Å². The summed E-state index contributed by atoms with van der Waals surface area (Å²) in [6.45, 7) is 2.03. The number of nitrogens with one attached hydrogen (secondary N) is 2. The van der Waals surface area contributed by atoms with Crippen LogP contribution in [0.2, 0.25) is 0 Å². The van der Waals surface area contributed by atoms with Crippen LogP contribution < -0.4 is 9.06 Å². The van der Waals surface area contributed by atoms with Gasteiger partial charge in [-0.2, -0.15) is 3.64 Å². The molecule has 1 aliphatic heterocycles. The minimum Gasteiger partial charge on any atom is -0.227 e. The number of rotatable bonds is 0. The number of hydrogen-bond acceptors (Lipinski definition) is 3. The Morgan fingerprint density at radius 3 is 2.83 bits per heavy atom. The number of nitrogens with zero attached hydrogens (tertiary/aromatic N) is 1. The lowest BCUT2D eigenvalue weighted by molar-refractivity contribution is 0.596. The fraction of sp³-hybridized carbons (Fsp3) is 1.00. The normalized spacial score (nSPS) is 33.2. The second-order valence-corrected chi connectivity index (χ2v) is 2.68. The summed E-state index contributed by atoms with van der Waals surface area (Å²) in [6, 6.07) is 0. The highest BCUT2D eigenvalue weighted by molar-refractivity contribution is 14.1. The van der Waals surface area contributed by atoms with Crippen LogP contribution in [0.3, 0.4) is 0 Å². The molecule has 3 nitrogen and oxygen atoms in total. The van der Waals surface area contributed by atoms with Gasteiger partial charge < -0.3 is 0 Å². The Bertz CT molecular complexity index is 71.2. The van der Waals surface area contributed by atoms with Gasteiger partial charge in [0.2, 0.25) is 0 Å². The van der Waals surface area contributed by atoms with Crippen molar-refractivity contribution >= 4 is 21.3 Å². The number of hydrazine groups is 1. The molecule has 1 rings (SSSR count). The van der Waals surface area contributed by atoms with E-state index in [4.69, 9.17) is 0 Å². The van der Waals surface area contributed by atoms with Crippen LogP contribution in [0.1, 0.15) is 6.92 Å². The van der Waals surface area contributed by atoms with E-state index < -0.39 is 0 Å². The molecule has 0 saturated carbocycles. The van der Waals surface area contributed by atoms with Gasteiger partial charge in [0.25, 0.3) is 0 Å². The average Bonchev–Trinajstić information content (AvgIpc) is 1.86. The maximum atomic E-state index is 4.12. The third kappa shape index (κ3) is 0.954. The Kier molecular flexibility index (Phi) is 1.49. The minimum atomic E-state index is -0.0341. The van der Waals surface area contributed by atoms with Gasteiger partial charge in [-0.05, 0) is 6.92 Å². The second kappa shape index (κ2) is 1.94. The van der Waals surface area contributed by atoms with Crippen LogP contribution in [0.15, 0.2) is 3.15 Å². The molecular weight excluding hydrogens is 193 g/mol. The molecule has 0 bridgehead atoms.